The lowest BCUT2D eigenvalue weighted by Gasteiger charge is -2.35. The van der Waals surface area contributed by atoms with E-state index in [1.165, 1.54) is 92.9 Å². The van der Waals surface area contributed by atoms with Crippen LogP contribution in [0.25, 0.3) is 70.6 Å². The summed E-state index contributed by atoms with van der Waals surface area (Å²) in [5.74, 6) is 0. The fourth-order valence-electron chi connectivity index (χ4n) is 8.78. The van der Waals surface area contributed by atoms with Crippen molar-refractivity contribution in [1.82, 2.24) is 4.98 Å². The normalized spacial score (nSPS) is 15.5. The van der Waals surface area contributed by atoms with Crippen LogP contribution in [0.4, 0.5) is 0 Å². The molecule has 4 heterocycles. The highest BCUT2D eigenvalue weighted by molar-refractivity contribution is 7.18. The van der Waals surface area contributed by atoms with Crippen molar-refractivity contribution in [2.24, 2.45) is 0 Å². The molecule has 2 aliphatic rings. The first-order valence-corrected chi connectivity index (χ1v) is 17.7. The topological polar surface area (TPSA) is 19.7 Å². The van der Waals surface area contributed by atoms with Crippen molar-refractivity contribution in [3.8, 4) is 43.3 Å². The van der Waals surface area contributed by atoms with Gasteiger partial charge < -0.3 is 4.98 Å². The Morgan fingerprint density at radius 1 is 0.681 bits per heavy atom. The molecular weight excluding hydrogens is 589 g/mol. The summed E-state index contributed by atoms with van der Waals surface area (Å²) >= 11 is 1.87. The Morgan fingerprint density at radius 2 is 1.40 bits per heavy atom. The molecule has 0 unspecified atom stereocenters. The first-order valence-electron chi connectivity index (χ1n) is 16.9. The van der Waals surface area contributed by atoms with Gasteiger partial charge in [0.15, 0.2) is 11.7 Å². The molecule has 1 N–H and O–H groups in total. The maximum atomic E-state index is 4.68. The van der Waals surface area contributed by atoms with Gasteiger partial charge in [0.1, 0.15) is 0 Å². The van der Waals surface area contributed by atoms with E-state index in [9.17, 15) is 0 Å². The SMILES string of the molecule is C=C1c2ccc(-c3ccc(-c4ccc5[nH]c6cc7c(cc6c5c4)-c4ccccc4C7(C)C)s3)cc2-c2c(C)ccc[n+]2C1(CC)CC. The fourth-order valence-corrected chi connectivity index (χ4v) is 9.78. The van der Waals surface area contributed by atoms with E-state index in [4.69, 9.17) is 0 Å². The molecule has 9 rings (SSSR count). The van der Waals surface area contributed by atoms with Crippen molar-refractivity contribution in [2.75, 3.05) is 0 Å². The van der Waals surface area contributed by atoms with Crippen LogP contribution in [0.3, 0.4) is 0 Å². The molecule has 0 saturated heterocycles. The first kappa shape index (κ1) is 28.5. The summed E-state index contributed by atoms with van der Waals surface area (Å²) in [6, 6.07) is 36.6. The van der Waals surface area contributed by atoms with Crippen LogP contribution in [0.2, 0.25) is 0 Å². The second kappa shape index (κ2) is 9.89. The van der Waals surface area contributed by atoms with Crippen LogP contribution in [-0.2, 0) is 11.0 Å². The van der Waals surface area contributed by atoms with Gasteiger partial charge in [0.05, 0.1) is 5.56 Å². The molecular formula is C44H39N2S+. The second-order valence-corrected chi connectivity index (χ2v) is 15.1. The summed E-state index contributed by atoms with van der Waals surface area (Å²) < 4.78 is 2.50. The van der Waals surface area contributed by atoms with Gasteiger partial charge in [-0.15, -0.1) is 11.3 Å². The lowest BCUT2D eigenvalue weighted by atomic mass is 9.75. The van der Waals surface area contributed by atoms with E-state index in [1.807, 2.05) is 11.3 Å². The predicted molar refractivity (Wildman–Crippen MR) is 200 cm³/mol. The number of hydrogen-bond donors (Lipinski definition) is 1. The molecule has 0 saturated carbocycles. The summed E-state index contributed by atoms with van der Waals surface area (Å²) in [4.78, 5) is 6.31. The molecule has 47 heavy (non-hydrogen) atoms. The minimum atomic E-state index is -0.0906. The lowest BCUT2D eigenvalue weighted by Crippen LogP contribution is -2.59. The summed E-state index contributed by atoms with van der Waals surface area (Å²) in [5, 5.41) is 2.57. The Bertz CT molecular complexity index is 2450. The molecule has 3 heteroatoms. The number of thiophene rings is 1. The number of benzene rings is 4. The van der Waals surface area contributed by atoms with Gasteiger partial charge in [-0.25, -0.2) is 0 Å². The van der Waals surface area contributed by atoms with E-state index < -0.39 is 0 Å². The van der Waals surface area contributed by atoms with Crippen LogP contribution < -0.4 is 4.57 Å². The van der Waals surface area contributed by atoms with Gasteiger partial charge in [-0.2, -0.15) is 4.57 Å². The van der Waals surface area contributed by atoms with Gasteiger partial charge in [0.25, 0.3) is 0 Å². The lowest BCUT2D eigenvalue weighted by molar-refractivity contribution is -0.741. The van der Waals surface area contributed by atoms with Gasteiger partial charge >= 0.3 is 0 Å². The molecule has 0 atom stereocenters. The van der Waals surface area contributed by atoms with Gasteiger partial charge in [-0.3, -0.25) is 0 Å². The number of nitrogens with one attached hydrogen (secondary N) is 1. The Labute approximate surface area is 281 Å². The molecule has 0 spiro atoms. The largest absolute Gasteiger partial charge is 0.355 e. The number of fused-ring (bicyclic) bond motifs is 9. The summed E-state index contributed by atoms with van der Waals surface area (Å²) in [6.45, 7) is 16.2. The van der Waals surface area contributed by atoms with Crippen molar-refractivity contribution in [2.45, 2.75) is 58.4 Å². The molecule has 1 aliphatic heterocycles. The van der Waals surface area contributed by atoms with E-state index in [0.29, 0.717) is 0 Å². The van der Waals surface area contributed by atoms with E-state index in [2.05, 4.69) is 154 Å². The van der Waals surface area contributed by atoms with Crippen LogP contribution in [0.15, 0.2) is 110 Å². The Hall–Kier alpha value is -4.73. The van der Waals surface area contributed by atoms with Crippen LogP contribution >= 0.6 is 11.3 Å². The minimum absolute atomic E-state index is 0.00550. The molecule has 3 aromatic heterocycles. The smallest absolute Gasteiger partial charge is 0.216 e. The number of allylic oxidation sites excluding steroid dienone is 1. The Kier molecular flexibility index (Phi) is 5.99. The zero-order chi connectivity index (χ0) is 32.2. The third kappa shape index (κ3) is 3.81. The maximum absolute atomic E-state index is 4.68. The number of aryl methyl sites for hydroxylation is 1. The zero-order valence-electron chi connectivity index (χ0n) is 27.8. The summed E-state index contributed by atoms with van der Waals surface area (Å²) in [6.07, 6.45) is 4.30. The standard InChI is InChI=1S/C44H39N2S/c1-7-44(8-2)27(4)30-17-15-28(23-35(30)42-26(3)12-11-21-46(42)44)40-19-20-41(47-40)29-16-18-38-33(22-29)34-24-32-31-13-9-10-14-36(31)43(5,6)37(32)25-39(34)45-38/h9-25,45H,4,7-8H2,1-3,5-6H3/q+1. The third-order valence-electron chi connectivity index (χ3n) is 11.5. The quantitative estimate of drug-likeness (QED) is 0.187. The van der Waals surface area contributed by atoms with Crippen molar-refractivity contribution in [1.29, 1.82) is 0 Å². The molecule has 1 aliphatic carbocycles. The van der Waals surface area contributed by atoms with Crippen molar-refractivity contribution >= 4 is 38.7 Å². The molecule has 2 nitrogen and oxygen atoms in total. The van der Waals surface area contributed by atoms with E-state index in [0.717, 1.165) is 12.8 Å². The van der Waals surface area contributed by atoms with Crippen LogP contribution in [0.5, 0.6) is 0 Å². The van der Waals surface area contributed by atoms with Gasteiger partial charge in [-0.05, 0) is 94.4 Å². The summed E-state index contributed by atoms with van der Waals surface area (Å²) in [7, 11) is 0. The minimum Gasteiger partial charge on any atom is -0.355 e. The highest BCUT2D eigenvalue weighted by Crippen LogP contribution is 2.51. The molecule has 0 fully saturated rings. The van der Waals surface area contributed by atoms with E-state index in [1.54, 1.807) is 0 Å². The molecule has 230 valence electrons. The van der Waals surface area contributed by atoms with Crippen LogP contribution in [0.1, 0.15) is 62.8 Å². The van der Waals surface area contributed by atoms with Crippen LogP contribution in [0, 0.1) is 6.92 Å². The van der Waals surface area contributed by atoms with Crippen molar-refractivity contribution in [3.05, 3.63) is 132 Å². The number of nitrogens with zero attached hydrogens (tertiary/aromatic N) is 1. The number of aromatic amines is 1. The fraction of sp³-hybridized carbons (Fsp3) is 0.205. The number of aromatic nitrogens is 2. The van der Waals surface area contributed by atoms with Crippen molar-refractivity contribution in [3.63, 3.8) is 0 Å². The van der Waals surface area contributed by atoms with Gasteiger partial charge in [0, 0.05) is 67.0 Å². The van der Waals surface area contributed by atoms with E-state index in [-0.39, 0.29) is 11.0 Å². The Morgan fingerprint density at radius 3 is 2.19 bits per heavy atom. The third-order valence-corrected chi connectivity index (χ3v) is 12.6. The first-order chi connectivity index (χ1) is 22.7. The average molecular weight is 628 g/mol. The summed E-state index contributed by atoms with van der Waals surface area (Å²) in [5.41, 5.74) is 16.8. The molecule has 0 amide bonds. The van der Waals surface area contributed by atoms with E-state index >= 15 is 0 Å². The molecule has 0 bridgehead atoms. The number of hydrogen-bond acceptors (Lipinski definition) is 1. The molecule has 7 aromatic rings. The molecule has 4 aromatic carbocycles. The van der Waals surface area contributed by atoms with Crippen molar-refractivity contribution < 1.29 is 4.57 Å². The maximum Gasteiger partial charge on any atom is 0.216 e. The average Bonchev–Trinajstić information content (AvgIpc) is 3.78. The monoisotopic (exact) mass is 627 g/mol. The number of rotatable bonds is 4. The second-order valence-electron chi connectivity index (χ2n) is 14.1. The predicted octanol–water partition coefficient (Wildman–Crippen LogP) is 11.8. The van der Waals surface area contributed by atoms with Crippen LogP contribution in [-0.4, -0.2) is 4.98 Å². The Balaban J connectivity index is 1.13. The number of pyridine rings is 1. The highest BCUT2D eigenvalue weighted by Gasteiger charge is 2.47. The number of H-pyrrole nitrogens is 1. The highest BCUT2D eigenvalue weighted by atomic mass is 32.1. The van der Waals surface area contributed by atoms with Gasteiger partial charge in [0.2, 0.25) is 5.69 Å². The van der Waals surface area contributed by atoms with Gasteiger partial charge in [-0.1, -0.05) is 76.7 Å². The zero-order valence-corrected chi connectivity index (χ0v) is 28.6. The molecule has 0 radical (unpaired) electrons.